The van der Waals surface area contributed by atoms with Gasteiger partial charge in [0.05, 0.1) is 11.4 Å². The highest BCUT2D eigenvalue weighted by Crippen LogP contribution is 2.41. The fourth-order valence-corrected chi connectivity index (χ4v) is 4.38. The minimum atomic E-state index is -0.250. The van der Waals surface area contributed by atoms with Crippen LogP contribution in [0.1, 0.15) is 12.1 Å². The molecule has 8 nitrogen and oxygen atoms in total. The average molecular weight is 385 g/mol. The Bertz CT molecular complexity index is 932. The van der Waals surface area contributed by atoms with Crippen LogP contribution in [0.2, 0.25) is 0 Å². The van der Waals surface area contributed by atoms with E-state index in [1.54, 1.807) is 0 Å². The van der Waals surface area contributed by atoms with Crippen molar-refractivity contribution in [3.8, 4) is 11.5 Å². The lowest BCUT2D eigenvalue weighted by Crippen LogP contribution is -2.42. The largest absolute Gasteiger partial charge is 0.483 e. The minimum absolute atomic E-state index is 0.108. The molecule has 0 saturated carbocycles. The lowest BCUT2D eigenvalue weighted by Gasteiger charge is -2.30. The first-order chi connectivity index (χ1) is 13.5. The molecule has 0 radical (unpaired) electrons. The molecule has 1 aromatic heterocycles. The topological polar surface area (TPSA) is 92.2 Å². The number of carboxylic acid groups (broad SMARTS) is 1. The molecule has 1 N–H and O–H groups in total. The number of aryl methyl sites for hydroxylation is 1. The molecule has 2 fully saturated rings. The van der Waals surface area contributed by atoms with Crippen molar-refractivity contribution in [3.63, 3.8) is 0 Å². The van der Waals surface area contributed by atoms with E-state index >= 15 is 0 Å². The Hall–Kier alpha value is -3.03. The SMILES string of the molecule is Cc1cc(N2C[C@H]3CCN(C)C(=O)[C@H]3C2)c2cc3c(cc2n1)OCO3.O=CO. The number of aromatic nitrogens is 1. The molecule has 1 aromatic carbocycles. The van der Waals surface area contributed by atoms with Crippen LogP contribution in [0, 0.1) is 18.8 Å². The smallest absolute Gasteiger partial charge is 0.290 e. The zero-order valence-corrected chi connectivity index (χ0v) is 15.9. The van der Waals surface area contributed by atoms with Gasteiger partial charge in [-0.25, -0.2) is 0 Å². The summed E-state index contributed by atoms with van der Waals surface area (Å²) in [6.07, 6.45) is 1.08. The van der Waals surface area contributed by atoms with Gasteiger partial charge in [0.1, 0.15) is 0 Å². The molecule has 2 aromatic rings. The van der Waals surface area contributed by atoms with Crippen molar-refractivity contribution in [1.29, 1.82) is 0 Å². The predicted molar refractivity (Wildman–Crippen MR) is 103 cm³/mol. The Labute approximate surface area is 162 Å². The van der Waals surface area contributed by atoms with E-state index in [4.69, 9.17) is 19.4 Å². The number of rotatable bonds is 1. The third-order valence-corrected chi connectivity index (χ3v) is 5.72. The van der Waals surface area contributed by atoms with E-state index in [-0.39, 0.29) is 25.1 Å². The van der Waals surface area contributed by atoms with Gasteiger partial charge in [-0.1, -0.05) is 0 Å². The molecule has 5 rings (SSSR count). The standard InChI is InChI=1S/C19H21N3O3.CH2O2/c1-11-5-16(13-6-17-18(25-10-24-17)7-15(13)20-11)22-8-12-3-4-21(2)19(23)14(12)9-22;2-1-3/h5-7,12,14H,3-4,8-10H2,1-2H3;1H,(H,2,3)/t12-,14+;/m1./s1. The number of likely N-dealkylation sites (tertiary alicyclic amines) is 1. The first-order valence-electron chi connectivity index (χ1n) is 9.30. The lowest BCUT2D eigenvalue weighted by molar-refractivity contribution is -0.137. The second-order valence-electron chi connectivity index (χ2n) is 7.43. The zero-order chi connectivity index (χ0) is 19.8. The number of ether oxygens (including phenoxy) is 2. The molecule has 3 aliphatic heterocycles. The van der Waals surface area contributed by atoms with Gasteiger partial charge in [0.15, 0.2) is 11.5 Å². The van der Waals surface area contributed by atoms with E-state index in [9.17, 15) is 4.79 Å². The Kier molecular flexibility index (Phi) is 4.70. The third-order valence-electron chi connectivity index (χ3n) is 5.72. The summed E-state index contributed by atoms with van der Waals surface area (Å²) in [5.74, 6) is 2.36. The Morgan fingerprint density at radius 1 is 1.21 bits per heavy atom. The van der Waals surface area contributed by atoms with Crippen molar-refractivity contribution < 1.29 is 24.2 Å². The minimum Gasteiger partial charge on any atom is -0.483 e. The number of pyridine rings is 1. The number of hydrogen-bond acceptors (Lipinski definition) is 6. The highest BCUT2D eigenvalue weighted by atomic mass is 16.7. The van der Waals surface area contributed by atoms with Crippen molar-refractivity contribution in [1.82, 2.24) is 9.88 Å². The van der Waals surface area contributed by atoms with Gasteiger partial charge in [-0.05, 0) is 31.4 Å². The first-order valence-corrected chi connectivity index (χ1v) is 9.30. The molecule has 1 amide bonds. The van der Waals surface area contributed by atoms with Gasteiger partial charge in [0.25, 0.3) is 6.47 Å². The van der Waals surface area contributed by atoms with Crippen molar-refractivity contribution in [3.05, 3.63) is 23.9 Å². The number of anilines is 1. The van der Waals surface area contributed by atoms with Crippen molar-refractivity contribution in [2.75, 3.05) is 38.4 Å². The second kappa shape index (κ2) is 7.18. The van der Waals surface area contributed by atoms with Crippen LogP contribution in [-0.2, 0) is 9.59 Å². The van der Waals surface area contributed by atoms with Crippen LogP contribution in [-0.4, -0.2) is 60.8 Å². The molecule has 148 valence electrons. The number of amides is 1. The molecular formula is C20H23N3O5. The summed E-state index contributed by atoms with van der Waals surface area (Å²) < 4.78 is 11.0. The van der Waals surface area contributed by atoms with E-state index < -0.39 is 0 Å². The fourth-order valence-electron chi connectivity index (χ4n) is 4.38. The maximum Gasteiger partial charge on any atom is 0.290 e. The predicted octanol–water partition coefficient (Wildman–Crippen LogP) is 1.89. The number of carbonyl (C=O) groups is 2. The number of hydrogen-bond donors (Lipinski definition) is 1. The Morgan fingerprint density at radius 3 is 2.68 bits per heavy atom. The molecule has 0 unspecified atom stereocenters. The van der Waals surface area contributed by atoms with Crippen LogP contribution in [0.15, 0.2) is 18.2 Å². The highest BCUT2D eigenvalue weighted by Gasteiger charge is 2.42. The maximum atomic E-state index is 12.5. The molecule has 3 aliphatic rings. The van der Waals surface area contributed by atoms with E-state index in [0.29, 0.717) is 5.92 Å². The molecule has 2 atom stereocenters. The second-order valence-corrected chi connectivity index (χ2v) is 7.43. The van der Waals surface area contributed by atoms with Crippen molar-refractivity contribution in [2.24, 2.45) is 11.8 Å². The summed E-state index contributed by atoms with van der Waals surface area (Å²) >= 11 is 0. The van der Waals surface area contributed by atoms with Crippen LogP contribution < -0.4 is 14.4 Å². The number of piperidine rings is 1. The third kappa shape index (κ3) is 3.08. The molecule has 28 heavy (non-hydrogen) atoms. The Balaban J connectivity index is 0.000000604. The summed E-state index contributed by atoms with van der Waals surface area (Å²) in [5.41, 5.74) is 3.03. The van der Waals surface area contributed by atoms with Crippen molar-refractivity contribution >= 4 is 29.0 Å². The van der Waals surface area contributed by atoms with Crippen LogP contribution in [0.3, 0.4) is 0 Å². The Morgan fingerprint density at radius 2 is 1.93 bits per heavy atom. The van der Waals surface area contributed by atoms with Crippen LogP contribution in [0.25, 0.3) is 10.9 Å². The van der Waals surface area contributed by atoms with E-state index in [1.165, 1.54) is 0 Å². The summed E-state index contributed by atoms with van der Waals surface area (Å²) in [6.45, 7) is 4.59. The molecule has 0 spiro atoms. The highest BCUT2D eigenvalue weighted by molar-refractivity contribution is 5.95. The molecule has 0 bridgehead atoms. The van der Waals surface area contributed by atoms with Crippen LogP contribution >= 0.6 is 0 Å². The monoisotopic (exact) mass is 385 g/mol. The van der Waals surface area contributed by atoms with Gasteiger partial charge < -0.3 is 24.4 Å². The number of fused-ring (bicyclic) bond motifs is 3. The number of carbonyl (C=O) groups excluding carboxylic acids is 1. The van der Waals surface area contributed by atoms with E-state index in [0.717, 1.165) is 59.8 Å². The zero-order valence-electron chi connectivity index (χ0n) is 15.9. The summed E-state index contributed by atoms with van der Waals surface area (Å²) in [4.78, 5) is 29.8. The van der Waals surface area contributed by atoms with Crippen molar-refractivity contribution in [2.45, 2.75) is 13.3 Å². The quantitative estimate of drug-likeness (QED) is 0.750. The van der Waals surface area contributed by atoms with Crippen LogP contribution in [0.5, 0.6) is 11.5 Å². The van der Waals surface area contributed by atoms with E-state index in [1.807, 2.05) is 31.0 Å². The maximum absolute atomic E-state index is 12.5. The summed E-state index contributed by atoms with van der Waals surface area (Å²) in [7, 11) is 1.91. The number of benzene rings is 1. The van der Waals surface area contributed by atoms with Gasteiger partial charge in [0.2, 0.25) is 12.7 Å². The molecule has 4 heterocycles. The van der Waals surface area contributed by atoms with Gasteiger partial charge in [-0.15, -0.1) is 0 Å². The van der Waals surface area contributed by atoms with Gasteiger partial charge in [-0.2, -0.15) is 0 Å². The average Bonchev–Trinajstić information content (AvgIpc) is 3.30. The fraction of sp³-hybridized carbons (Fsp3) is 0.450. The normalized spacial score (nSPS) is 22.7. The van der Waals surface area contributed by atoms with Gasteiger partial charge >= 0.3 is 0 Å². The summed E-state index contributed by atoms with van der Waals surface area (Å²) in [6, 6.07) is 6.10. The lowest BCUT2D eigenvalue weighted by atomic mass is 9.88. The molecule has 8 heteroatoms. The molecular weight excluding hydrogens is 362 g/mol. The summed E-state index contributed by atoms with van der Waals surface area (Å²) in [5, 5.41) is 7.95. The van der Waals surface area contributed by atoms with E-state index in [2.05, 4.69) is 16.0 Å². The van der Waals surface area contributed by atoms with Gasteiger partial charge in [0, 0.05) is 49.5 Å². The molecule has 2 saturated heterocycles. The molecule has 0 aliphatic carbocycles. The van der Waals surface area contributed by atoms with Gasteiger partial charge in [-0.3, -0.25) is 14.6 Å². The first kappa shape index (κ1) is 18.3. The van der Waals surface area contributed by atoms with Crippen LogP contribution in [0.4, 0.5) is 5.69 Å². The number of nitrogens with zero attached hydrogens (tertiary/aromatic N) is 3.